The van der Waals surface area contributed by atoms with Crippen molar-refractivity contribution in [3.63, 3.8) is 0 Å². The number of nitrogens with one attached hydrogen (secondary N) is 2. The topological polar surface area (TPSA) is 41.1 Å². The summed E-state index contributed by atoms with van der Waals surface area (Å²) in [4.78, 5) is 12.2. The van der Waals surface area contributed by atoms with Gasteiger partial charge in [0, 0.05) is 12.5 Å². The van der Waals surface area contributed by atoms with Crippen molar-refractivity contribution in [2.45, 2.75) is 25.8 Å². The molecule has 1 aliphatic heterocycles. The van der Waals surface area contributed by atoms with Gasteiger partial charge in [0.2, 0.25) is 5.91 Å². The lowest BCUT2D eigenvalue weighted by Crippen LogP contribution is -2.33. The van der Waals surface area contributed by atoms with Crippen molar-refractivity contribution < 1.29 is 9.18 Å². The summed E-state index contributed by atoms with van der Waals surface area (Å²) in [7, 11) is 0. The Morgan fingerprint density at radius 2 is 2.14 bits per heavy atom. The molecule has 1 aromatic rings. The Morgan fingerprint density at radius 3 is 2.81 bits per heavy atom. The minimum atomic E-state index is -0.294. The molecule has 1 atom stereocenters. The molecule has 2 fully saturated rings. The van der Waals surface area contributed by atoms with Crippen LogP contribution in [0.4, 0.5) is 4.39 Å². The lowest BCUT2D eigenvalue weighted by atomic mass is 9.92. The first-order valence-electron chi connectivity index (χ1n) is 7.03. The maximum absolute atomic E-state index is 13.4. The van der Waals surface area contributed by atoms with E-state index in [1.165, 1.54) is 6.07 Å². The summed E-state index contributed by atoms with van der Waals surface area (Å²) < 4.78 is 13.8. The summed E-state index contributed by atoms with van der Waals surface area (Å²) in [5, 5.41) is 6.27. The number of halogens is 3. The third-order valence-corrected chi connectivity index (χ3v) is 5.20. The molecule has 1 saturated carbocycles. The molecule has 3 rings (SSSR count). The smallest absolute Gasteiger partial charge is 0.223 e. The van der Waals surface area contributed by atoms with Crippen molar-refractivity contribution in [1.82, 2.24) is 10.6 Å². The Hall–Kier alpha value is -0.650. The van der Waals surface area contributed by atoms with Crippen LogP contribution in [0.25, 0.3) is 0 Å². The van der Waals surface area contributed by atoms with Crippen LogP contribution in [0.2, 0.25) is 0 Å². The molecule has 6 heteroatoms. The van der Waals surface area contributed by atoms with Crippen molar-refractivity contribution in [3.05, 3.63) is 34.1 Å². The maximum atomic E-state index is 13.4. The van der Waals surface area contributed by atoms with Crippen LogP contribution in [0.1, 0.15) is 24.8 Å². The molecule has 21 heavy (non-hydrogen) atoms. The van der Waals surface area contributed by atoms with Crippen LogP contribution in [-0.4, -0.2) is 19.0 Å². The Bertz CT molecular complexity index is 534. The highest BCUT2D eigenvalue weighted by atomic mass is 79.9. The van der Waals surface area contributed by atoms with E-state index in [-0.39, 0.29) is 35.5 Å². The number of benzene rings is 1. The molecule has 1 amide bonds. The van der Waals surface area contributed by atoms with E-state index < -0.39 is 0 Å². The normalized spacial score (nSPS) is 22.5. The molecule has 1 aliphatic carbocycles. The standard InChI is InChI=1S/C15H18BrFN2O.ClH/c16-12-2-1-10(7-13(12)17)9-19-14(20)11-8-15(11)3-5-18-6-4-15;/h1-2,7,11,18H,3-6,8-9H2,(H,19,20);1H. The van der Waals surface area contributed by atoms with Gasteiger partial charge >= 0.3 is 0 Å². The zero-order valence-corrected chi connectivity index (χ0v) is 14.0. The summed E-state index contributed by atoms with van der Waals surface area (Å²) in [6.07, 6.45) is 3.20. The van der Waals surface area contributed by atoms with E-state index in [1.807, 2.05) is 6.07 Å². The molecule has 116 valence electrons. The molecule has 0 aromatic heterocycles. The average Bonchev–Trinajstić information content (AvgIpc) is 3.14. The summed E-state index contributed by atoms with van der Waals surface area (Å²) in [6.45, 7) is 2.43. The van der Waals surface area contributed by atoms with E-state index in [4.69, 9.17) is 0 Å². The number of rotatable bonds is 3. The van der Waals surface area contributed by atoms with Gasteiger partial charge in [0.05, 0.1) is 4.47 Å². The van der Waals surface area contributed by atoms with E-state index in [2.05, 4.69) is 26.6 Å². The van der Waals surface area contributed by atoms with Gasteiger partial charge in [0.15, 0.2) is 0 Å². The molecule has 1 heterocycles. The van der Waals surface area contributed by atoms with Crippen LogP contribution in [0.15, 0.2) is 22.7 Å². The fraction of sp³-hybridized carbons (Fsp3) is 0.533. The first-order valence-corrected chi connectivity index (χ1v) is 7.82. The highest BCUT2D eigenvalue weighted by Crippen LogP contribution is 2.58. The SMILES string of the molecule is Cl.O=C(NCc1ccc(Br)c(F)c1)C1CC12CCNCC2. The predicted molar refractivity (Wildman–Crippen MR) is 85.8 cm³/mol. The molecule has 1 aromatic carbocycles. The molecule has 1 spiro atoms. The molecular weight excluding hydrogens is 359 g/mol. The minimum Gasteiger partial charge on any atom is -0.352 e. The van der Waals surface area contributed by atoms with Crippen molar-refractivity contribution in [2.24, 2.45) is 11.3 Å². The Kier molecular flexibility index (Phi) is 5.28. The second kappa shape index (κ2) is 6.63. The zero-order valence-electron chi connectivity index (χ0n) is 11.6. The highest BCUT2D eigenvalue weighted by molar-refractivity contribution is 9.10. The van der Waals surface area contributed by atoms with Gasteiger partial charge in [-0.1, -0.05) is 6.07 Å². The summed E-state index contributed by atoms with van der Waals surface area (Å²) in [5.41, 5.74) is 1.04. The first kappa shape index (κ1) is 16.7. The summed E-state index contributed by atoms with van der Waals surface area (Å²) >= 11 is 3.12. The fourth-order valence-corrected chi connectivity index (χ4v) is 3.40. The Balaban J connectivity index is 0.00000161. The van der Waals surface area contributed by atoms with Gasteiger partial charge in [-0.2, -0.15) is 0 Å². The number of amides is 1. The molecule has 2 N–H and O–H groups in total. The maximum Gasteiger partial charge on any atom is 0.223 e. The van der Waals surface area contributed by atoms with Crippen molar-refractivity contribution in [2.75, 3.05) is 13.1 Å². The molecule has 0 bridgehead atoms. The third-order valence-electron chi connectivity index (χ3n) is 4.56. The van der Waals surface area contributed by atoms with Crippen LogP contribution in [0.5, 0.6) is 0 Å². The zero-order chi connectivity index (χ0) is 14.2. The average molecular weight is 378 g/mol. The van der Waals surface area contributed by atoms with Crippen molar-refractivity contribution in [3.8, 4) is 0 Å². The summed E-state index contributed by atoms with van der Waals surface area (Å²) in [5.74, 6) is -0.0156. The minimum absolute atomic E-state index is 0. The third kappa shape index (κ3) is 3.58. The quantitative estimate of drug-likeness (QED) is 0.850. The van der Waals surface area contributed by atoms with Crippen LogP contribution in [0.3, 0.4) is 0 Å². The lowest BCUT2D eigenvalue weighted by molar-refractivity contribution is -0.123. The van der Waals surface area contributed by atoms with Gasteiger partial charge in [0.1, 0.15) is 5.82 Å². The van der Waals surface area contributed by atoms with Crippen LogP contribution >= 0.6 is 28.3 Å². The van der Waals surface area contributed by atoms with Gasteiger partial charge in [-0.3, -0.25) is 4.79 Å². The molecule has 0 radical (unpaired) electrons. The number of hydrogen-bond acceptors (Lipinski definition) is 2. The van der Waals surface area contributed by atoms with Gasteiger partial charge < -0.3 is 10.6 Å². The molecule has 2 aliphatic rings. The Labute approximate surface area is 138 Å². The molecule has 1 saturated heterocycles. The number of carbonyl (C=O) groups excluding carboxylic acids is 1. The van der Waals surface area contributed by atoms with E-state index >= 15 is 0 Å². The van der Waals surface area contributed by atoms with Crippen molar-refractivity contribution in [1.29, 1.82) is 0 Å². The van der Waals surface area contributed by atoms with Gasteiger partial charge in [-0.15, -0.1) is 12.4 Å². The second-order valence-corrected chi connectivity index (χ2v) is 6.69. The van der Waals surface area contributed by atoms with Gasteiger partial charge in [-0.05, 0) is 71.4 Å². The van der Waals surface area contributed by atoms with E-state index in [0.717, 1.165) is 37.9 Å². The fourth-order valence-electron chi connectivity index (χ4n) is 3.16. The molecule has 3 nitrogen and oxygen atoms in total. The van der Waals surface area contributed by atoms with Crippen LogP contribution in [0, 0.1) is 17.2 Å². The van der Waals surface area contributed by atoms with Crippen LogP contribution < -0.4 is 10.6 Å². The van der Waals surface area contributed by atoms with Crippen LogP contribution in [-0.2, 0) is 11.3 Å². The van der Waals surface area contributed by atoms with Gasteiger partial charge in [0.25, 0.3) is 0 Å². The summed E-state index contributed by atoms with van der Waals surface area (Å²) in [6, 6.07) is 4.94. The highest BCUT2D eigenvalue weighted by Gasteiger charge is 2.57. The monoisotopic (exact) mass is 376 g/mol. The molecule has 1 unspecified atom stereocenters. The van der Waals surface area contributed by atoms with E-state index in [9.17, 15) is 9.18 Å². The second-order valence-electron chi connectivity index (χ2n) is 5.84. The Morgan fingerprint density at radius 1 is 1.43 bits per heavy atom. The predicted octanol–water partition coefficient (Wildman–Crippen LogP) is 3.02. The number of hydrogen-bond donors (Lipinski definition) is 2. The number of piperidine rings is 1. The van der Waals surface area contributed by atoms with Gasteiger partial charge in [-0.25, -0.2) is 4.39 Å². The van der Waals surface area contributed by atoms with E-state index in [0.29, 0.717) is 11.0 Å². The first-order chi connectivity index (χ1) is 9.61. The largest absolute Gasteiger partial charge is 0.352 e. The number of carbonyl (C=O) groups is 1. The molecular formula is C15H19BrClFN2O. The van der Waals surface area contributed by atoms with E-state index in [1.54, 1.807) is 6.07 Å². The van der Waals surface area contributed by atoms with Crippen molar-refractivity contribution >= 4 is 34.2 Å². The lowest BCUT2D eigenvalue weighted by Gasteiger charge is -2.23.